The van der Waals surface area contributed by atoms with Crippen molar-refractivity contribution in [2.45, 2.75) is 13.5 Å². The maximum atomic E-state index is 12.4. The van der Waals surface area contributed by atoms with Gasteiger partial charge >= 0.3 is 6.03 Å². The SMILES string of the molecule is CNC(=O)c1nnc(NC(=O)N(C)C)cc1Nc1cccc2c1N(C)Cc1nc(C)nn1-2. The molecule has 3 aromatic rings. The molecule has 0 radical (unpaired) electrons. The number of rotatable bonds is 4. The van der Waals surface area contributed by atoms with Crippen molar-refractivity contribution in [1.82, 2.24) is 35.2 Å². The summed E-state index contributed by atoms with van der Waals surface area (Å²) in [6.07, 6.45) is 0. The fourth-order valence-electron chi connectivity index (χ4n) is 3.45. The first-order valence-corrected chi connectivity index (χ1v) is 9.90. The van der Waals surface area contributed by atoms with Gasteiger partial charge in [-0.05, 0) is 19.1 Å². The molecule has 2 aromatic heterocycles. The molecule has 0 unspecified atom stereocenters. The Morgan fingerprint density at radius 1 is 1.16 bits per heavy atom. The molecular formula is C20H24N10O2. The van der Waals surface area contributed by atoms with Gasteiger partial charge in [0.2, 0.25) is 0 Å². The van der Waals surface area contributed by atoms with Crippen molar-refractivity contribution in [3.05, 3.63) is 41.6 Å². The summed E-state index contributed by atoms with van der Waals surface area (Å²) in [5.41, 5.74) is 3.00. The van der Waals surface area contributed by atoms with E-state index in [2.05, 4.69) is 41.1 Å². The Morgan fingerprint density at radius 3 is 2.66 bits per heavy atom. The van der Waals surface area contributed by atoms with E-state index in [1.165, 1.54) is 11.9 Å². The molecule has 3 amide bonds. The van der Waals surface area contributed by atoms with Gasteiger partial charge in [0.15, 0.2) is 17.3 Å². The van der Waals surface area contributed by atoms with Crippen LogP contribution in [0, 0.1) is 6.92 Å². The van der Waals surface area contributed by atoms with Gasteiger partial charge in [-0.25, -0.2) is 14.5 Å². The number of amides is 3. The smallest absolute Gasteiger partial charge is 0.322 e. The molecular weight excluding hydrogens is 412 g/mol. The highest BCUT2D eigenvalue weighted by Crippen LogP contribution is 2.38. The summed E-state index contributed by atoms with van der Waals surface area (Å²) in [4.78, 5) is 32.4. The Balaban J connectivity index is 1.77. The molecule has 0 fully saturated rings. The van der Waals surface area contributed by atoms with Crippen molar-refractivity contribution in [2.75, 3.05) is 43.7 Å². The summed E-state index contributed by atoms with van der Waals surface area (Å²) < 4.78 is 1.82. The number of urea groups is 1. The number of hydrogen-bond acceptors (Lipinski definition) is 8. The standard InChI is InChI=1S/C20H24N10O2/c1-11-22-16-10-29(5)18-12(7-6-8-14(18)30(16)27-11)23-13-9-15(24-20(32)28(3)4)25-26-17(13)19(31)21-2/h6-9H,10H2,1-5H3,(H,21,31)(H2,23,24,25,32). The zero-order chi connectivity index (χ0) is 23.0. The average Bonchev–Trinajstić information content (AvgIpc) is 3.13. The highest BCUT2D eigenvalue weighted by molar-refractivity contribution is 6.00. The van der Waals surface area contributed by atoms with Gasteiger partial charge in [0.05, 0.1) is 29.3 Å². The number of carbonyl (C=O) groups excluding carboxylic acids is 2. The first kappa shape index (κ1) is 21.0. The monoisotopic (exact) mass is 436 g/mol. The fraction of sp³-hybridized carbons (Fsp3) is 0.300. The fourth-order valence-corrected chi connectivity index (χ4v) is 3.45. The number of carbonyl (C=O) groups is 2. The van der Waals surface area contributed by atoms with Gasteiger partial charge in [-0.2, -0.15) is 5.10 Å². The molecule has 0 saturated carbocycles. The van der Waals surface area contributed by atoms with E-state index in [0.29, 0.717) is 18.1 Å². The molecule has 1 aromatic carbocycles. The first-order valence-electron chi connectivity index (χ1n) is 9.90. The quantitative estimate of drug-likeness (QED) is 0.561. The third-order valence-corrected chi connectivity index (χ3v) is 4.93. The van der Waals surface area contributed by atoms with Crippen LogP contribution in [0.15, 0.2) is 24.3 Å². The molecule has 0 saturated heterocycles. The van der Waals surface area contributed by atoms with Crippen LogP contribution in [0.3, 0.4) is 0 Å². The Labute approximate surface area is 184 Å². The third-order valence-electron chi connectivity index (χ3n) is 4.93. The maximum Gasteiger partial charge on any atom is 0.322 e. The van der Waals surface area contributed by atoms with E-state index in [1.807, 2.05) is 36.9 Å². The average molecular weight is 436 g/mol. The van der Waals surface area contributed by atoms with Crippen molar-refractivity contribution in [2.24, 2.45) is 0 Å². The van der Waals surface area contributed by atoms with Crippen molar-refractivity contribution >= 4 is 34.8 Å². The summed E-state index contributed by atoms with van der Waals surface area (Å²) >= 11 is 0. The molecule has 0 atom stereocenters. The molecule has 3 heterocycles. The van der Waals surface area contributed by atoms with Gasteiger partial charge < -0.3 is 20.4 Å². The summed E-state index contributed by atoms with van der Waals surface area (Å²) in [5, 5.41) is 21.0. The second kappa shape index (κ2) is 8.13. The maximum absolute atomic E-state index is 12.4. The molecule has 1 aliphatic rings. The summed E-state index contributed by atoms with van der Waals surface area (Å²) in [7, 11) is 6.72. The number of nitrogens with one attached hydrogen (secondary N) is 3. The van der Waals surface area contributed by atoms with Crippen molar-refractivity contribution in [3.8, 4) is 5.69 Å². The summed E-state index contributed by atoms with van der Waals surface area (Å²) in [6.45, 7) is 2.43. The second-order valence-corrected chi connectivity index (χ2v) is 7.54. The zero-order valence-electron chi connectivity index (χ0n) is 18.5. The van der Waals surface area contributed by atoms with Crippen LogP contribution in [0.2, 0.25) is 0 Å². The summed E-state index contributed by atoms with van der Waals surface area (Å²) in [6, 6.07) is 6.97. The Kier molecular flexibility index (Phi) is 5.34. The van der Waals surface area contributed by atoms with Crippen LogP contribution < -0.4 is 20.9 Å². The molecule has 12 nitrogen and oxygen atoms in total. The number of aromatic nitrogens is 5. The molecule has 0 spiro atoms. The van der Waals surface area contributed by atoms with Crippen molar-refractivity contribution in [3.63, 3.8) is 0 Å². The molecule has 0 bridgehead atoms. The highest BCUT2D eigenvalue weighted by atomic mass is 16.2. The first-order chi connectivity index (χ1) is 15.3. The lowest BCUT2D eigenvalue weighted by Gasteiger charge is -2.29. The predicted octanol–water partition coefficient (Wildman–Crippen LogP) is 1.51. The van der Waals surface area contributed by atoms with E-state index < -0.39 is 5.91 Å². The Morgan fingerprint density at radius 2 is 1.94 bits per heavy atom. The minimum Gasteiger partial charge on any atom is -0.364 e. The van der Waals surface area contributed by atoms with Gasteiger partial charge in [-0.3, -0.25) is 10.1 Å². The molecule has 166 valence electrons. The van der Waals surface area contributed by atoms with Crippen molar-refractivity contribution in [1.29, 1.82) is 0 Å². The van der Waals surface area contributed by atoms with Crippen LogP contribution in [0.4, 0.5) is 27.7 Å². The lowest BCUT2D eigenvalue weighted by molar-refractivity contribution is 0.0958. The van der Waals surface area contributed by atoms with Crippen molar-refractivity contribution < 1.29 is 9.59 Å². The molecule has 1 aliphatic heterocycles. The highest BCUT2D eigenvalue weighted by Gasteiger charge is 2.26. The second-order valence-electron chi connectivity index (χ2n) is 7.54. The number of nitrogens with zero attached hydrogens (tertiary/aromatic N) is 7. The molecule has 4 rings (SSSR count). The largest absolute Gasteiger partial charge is 0.364 e. The van der Waals surface area contributed by atoms with Crippen LogP contribution in [0.25, 0.3) is 5.69 Å². The van der Waals surface area contributed by atoms with Gasteiger partial charge in [-0.15, -0.1) is 10.2 Å². The topological polar surface area (TPSA) is 133 Å². The minimum atomic E-state index is -0.405. The lowest BCUT2D eigenvalue weighted by Crippen LogP contribution is -2.29. The molecule has 32 heavy (non-hydrogen) atoms. The van der Waals surface area contributed by atoms with E-state index >= 15 is 0 Å². The Bertz CT molecular complexity index is 1200. The van der Waals surface area contributed by atoms with E-state index in [1.54, 1.807) is 20.2 Å². The minimum absolute atomic E-state index is 0.101. The van der Waals surface area contributed by atoms with Crippen LogP contribution in [0.5, 0.6) is 0 Å². The van der Waals surface area contributed by atoms with Gasteiger partial charge in [0, 0.05) is 34.3 Å². The molecule has 3 N–H and O–H groups in total. The van der Waals surface area contributed by atoms with Gasteiger partial charge in [0.1, 0.15) is 5.82 Å². The van der Waals surface area contributed by atoms with E-state index in [4.69, 9.17) is 0 Å². The normalized spacial score (nSPS) is 12.0. The van der Waals surface area contributed by atoms with Crippen LogP contribution in [-0.2, 0) is 6.54 Å². The Hall–Kier alpha value is -4.22. The number of fused-ring (bicyclic) bond motifs is 3. The van der Waals surface area contributed by atoms with E-state index in [-0.39, 0.29) is 17.5 Å². The lowest BCUT2D eigenvalue weighted by atomic mass is 10.1. The number of anilines is 4. The zero-order valence-corrected chi connectivity index (χ0v) is 18.5. The van der Waals surface area contributed by atoms with E-state index in [9.17, 15) is 9.59 Å². The third kappa shape index (κ3) is 3.77. The number of benzene rings is 1. The molecule has 0 aliphatic carbocycles. The number of hydrogen-bond donors (Lipinski definition) is 3. The van der Waals surface area contributed by atoms with E-state index in [0.717, 1.165) is 22.9 Å². The van der Waals surface area contributed by atoms with Gasteiger partial charge in [-0.1, -0.05) is 6.07 Å². The number of aryl methyl sites for hydroxylation is 1. The predicted molar refractivity (Wildman–Crippen MR) is 120 cm³/mol. The van der Waals surface area contributed by atoms with Gasteiger partial charge in [0.25, 0.3) is 5.91 Å². The molecule has 12 heteroatoms. The van der Waals surface area contributed by atoms with Crippen LogP contribution in [0.1, 0.15) is 22.1 Å². The summed E-state index contributed by atoms with van der Waals surface area (Å²) in [5.74, 6) is 1.35. The number of para-hydroxylation sites is 1. The van der Waals surface area contributed by atoms with Crippen LogP contribution >= 0.6 is 0 Å². The van der Waals surface area contributed by atoms with Crippen LogP contribution in [-0.4, -0.2) is 70.0 Å².